The van der Waals surface area contributed by atoms with Gasteiger partial charge in [-0.1, -0.05) is 19.8 Å². The summed E-state index contributed by atoms with van der Waals surface area (Å²) in [5.74, 6) is -0.998. The molecule has 2 amide bonds. The molecule has 7 heteroatoms. The number of carboxylic acids is 1. The third-order valence-corrected chi connectivity index (χ3v) is 3.28. The molecule has 1 saturated heterocycles. The van der Waals surface area contributed by atoms with Crippen LogP contribution in [0.2, 0.25) is 0 Å². The molecule has 0 aromatic rings. The molecule has 7 nitrogen and oxygen atoms in total. The van der Waals surface area contributed by atoms with Crippen LogP contribution in [0.25, 0.3) is 0 Å². The van der Waals surface area contributed by atoms with Gasteiger partial charge in [-0.2, -0.15) is 0 Å². The zero-order valence-corrected chi connectivity index (χ0v) is 12.2. The SMILES string of the molecule is CCCCC(NC(=O)NCC1CN(C)CCO1)C(=O)O. The molecule has 1 aliphatic heterocycles. The molecule has 0 radical (unpaired) electrons. The number of nitrogens with one attached hydrogen (secondary N) is 2. The predicted octanol–water partition coefficient (Wildman–Crippen LogP) is 0.260. The van der Waals surface area contributed by atoms with E-state index in [0.29, 0.717) is 19.6 Å². The highest BCUT2D eigenvalue weighted by Gasteiger charge is 2.21. The number of hydrogen-bond acceptors (Lipinski definition) is 4. The maximum atomic E-state index is 11.7. The van der Waals surface area contributed by atoms with Crippen molar-refractivity contribution in [2.45, 2.75) is 38.3 Å². The molecule has 0 aromatic heterocycles. The second-order valence-electron chi connectivity index (χ2n) is 5.14. The van der Waals surface area contributed by atoms with Gasteiger partial charge in [0.25, 0.3) is 0 Å². The van der Waals surface area contributed by atoms with Crippen molar-refractivity contribution in [2.24, 2.45) is 0 Å². The minimum absolute atomic E-state index is 0.0431. The van der Waals surface area contributed by atoms with Crippen LogP contribution in [0.4, 0.5) is 4.79 Å². The van der Waals surface area contributed by atoms with Crippen molar-refractivity contribution < 1.29 is 19.4 Å². The number of rotatable bonds is 7. The molecule has 0 bridgehead atoms. The topological polar surface area (TPSA) is 90.9 Å². The molecule has 2 unspecified atom stereocenters. The summed E-state index contributed by atoms with van der Waals surface area (Å²) in [6.07, 6.45) is 2.07. The van der Waals surface area contributed by atoms with Crippen LogP contribution in [-0.2, 0) is 9.53 Å². The number of ether oxygens (including phenoxy) is 1. The Labute approximate surface area is 119 Å². The number of hydrogen-bond donors (Lipinski definition) is 3. The second-order valence-corrected chi connectivity index (χ2v) is 5.14. The van der Waals surface area contributed by atoms with Crippen LogP contribution >= 0.6 is 0 Å². The van der Waals surface area contributed by atoms with Crippen molar-refractivity contribution >= 4 is 12.0 Å². The third-order valence-electron chi connectivity index (χ3n) is 3.28. The van der Waals surface area contributed by atoms with E-state index >= 15 is 0 Å². The van der Waals surface area contributed by atoms with Crippen LogP contribution in [0.5, 0.6) is 0 Å². The van der Waals surface area contributed by atoms with Crippen molar-refractivity contribution in [3.05, 3.63) is 0 Å². The summed E-state index contributed by atoms with van der Waals surface area (Å²) in [5.41, 5.74) is 0. The van der Waals surface area contributed by atoms with Gasteiger partial charge in [0.1, 0.15) is 6.04 Å². The van der Waals surface area contributed by atoms with Crippen molar-refractivity contribution in [3.63, 3.8) is 0 Å². The van der Waals surface area contributed by atoms with E-state index in [9.17, 15) is 9.59 Å². The fraction of sp³-hybridized carbons (Fsp3) is 0.846. The molecular weight excluding hydrogens is 262 g/mol. The van der Waals surface area contributed by atoms with E-state index < -0.39 is 18.0 Å². The van der Waals surface area contributed by atoms with Crippen LogP contribution in [0.1, 0.15) is 26.2 Å². The Kier molecular flexibility index (Phi) is 7.32. The maximum Gasteiger partial charge on any atom is 0.326 e. The second kappa shape index (κ2) is 8.76. The summed E-state index contributed by atoms with van der Waals surface area (Å²) < 4.78 is 5.52. The average molecular weight is 287 g/mol. The molecule has 1 aliphatic rings. The van der Waals surface area contributed by atoms with E-state index in [-0.39, 0.29) is 6.10 Å². The molecule has 3 N–H and O–H groups in total. The van der Waals surface area contributed by atoms with E-state index in [4.69, 9.17) is 9.84 Å². The molecule has 1 fully saturated rings. The zero-order valence-electron chi connectivity index (χ0n) is 12.2. The highest BCUT2D eigenvalue weighted by Crippen LogP contribution is 2.02. The monoisotopic (exact) mass is 287 g/mol. The number of aliphatic carboxylic acids is 1. The summed E-state index contributed by atoms with van der Waals surface area (Å²) in [4.78, 5) is 24.8. The van der Waals surface area contributed by atoms with Crippen LogP contribution in [0, 0.1) is 0 Å². The Hall–Kier alpha value is -1.34. The number of carbonyl (C=O) groups excluding carboxylic acids is 1. The lowest BCUT2D eigenvalue weighted by molar-refractivity contribution is -0.139. The summed E-state index contributed by atoms with van der Waals surface area (Å²) in [5, 5.41) is 14.2. The van der Waals surface area contributed by atoms with E-state index in [0.717, 1.165) is 25.9 Å². The van der Waals surface area contributed by atoms with Crippen molar-refractivity contribution in [2.75, 3.05) is 33.3 Å². The van der Waals surface area contributed by atoms with Gasteiger partial charge < -0.3 is 25.4 Å². The Morgan fingerprint density at radius 2 is 2.25 bits per heavy atom. The first-order valence-corrected chi connectivity index (χ1v) is 7.10. The molecule has 2 atom stereocenters. The normalized spacial score (nSPS) is 21.2. The molecule has 0 aromatic carbocycles. The smallest absolute Gasteiger partial charge is 0.326 e. The number of morpholine rings is 1. The van der Waals surface area contributed by atoms with Gasteiger partial charge in [0.15, 0.2) is 0 Å². The lowest BCUT2D eigenvalue weighted by Crippen LogP contribution is -2.50. The predicted molar refractivity (Wildman–Crippen MR) is 74.7 cm³/mol. The van der Waals surface area contributed by atoms with E-state index in [1.807, 2.05) is 14.0 Å². The Balaban J connectivity index is 2.28. The highest BCUT2D eigenvalue weighted by molar-refractivity contribution is 5.82. The number of unbranched alkanes of at least 4 members (excludes halogenated alkanes) is 1. The first-order valence-electron chi connectivity index (χ1n) is 7.10. The van der Waals surface area contributed by atoms with Gasteiger partial charge in [-0.25, -0.2) is 9.59 Å². The highest BCUT2D eigenvalue weighted by atomic mass is 16.5. The van der Waals surface area contributed by atoms with Crippen molar-refractivity contribution in [1.29, 1.82) is 0 Å². The van der Waals surface area contributed by atoms with Gasteiger partial charge in [0.2, 0.25) is 0 Å². The Bertz CT molecular complexity index is 325. The lowest BCUT2D eigenvalue weighted by Gasteiger charge is -2.30. The minimum atomic E-state index is -0.998. The molecular formula is C13H25N3O4. The van der Waals surface area contributed by atoms with Gasteiger partial charge >= 0.3 is 12.0 Å². The van der Waals surface area contributed by atoms with Gasteiger partial charge in [0.05, 0.1) is 12.7 Å². The number of nitrogens with zero attached hydrogens (tertiary/aromatic N) is 1. The zero-order chi connectivity index (χ0) is 15.0. The Morgan fingerprint density at radius 1 is 1.50 bits per heavy atom. The molecule has 0 saturated carbocycles. The molecule has 1 heterocycles. The summed E-state index contributed by atoms with van der Waals surface area (Å²) in [6.45, 7) is 4.67. The number of amides is 2. The van der Waals surface area contributed by atoms with E-state index in [1.54, 1.807) is 0 Å². The number of carboxylic acid groups (broad SMARTS) is 1. The quantitative estimate of drug-likeness (QED) is 0.625. The first-order chi connectivity index (χ1) is 9.52. The number of carbonyl (C=O) groups is 2. The average Bonchev–Trinajstić information content (AvgIpc) is 2.41. The number of likely N-dealkylation sites (N-methyl/N-ethyl adjacent to an activating group) is 1. The lowest BCUT2D eigenvalue weighted by atomic mass is 10.1. The van der Waals surface area contributed by atoms with E-state index in [2.05, 4.69) is 15.5 Å². The first kappa shape index (κ1) is 16.7. The fourth-order valence-electron chi connectivity index (χ4n) is 2.07. The van der Waals surface area contributed by atoms with Crippen molar-refractivity contribution in [1.82, 2.24) is 15.5 Å². The van der Waals surface area contributed by atoms with Crippen LogP contribution in [0.3, 0.4) is 0 Å². The molecule has 0 spiro atoms. The molecule has 1 rings (SSSR count). The minimum Gasteiger partial charge on any atom is -0.480 e. The van der Waals surface area contributed by atoms with Gasteiger partial charge in [-0.3, -0.25) is 0 Å². The van der Waals surface area contributed by atoms with Crippen LogP contribution in [0.15, 0.2) is 0 Å². The van der Waals surface area contributed by atoms with Crippen LogP contribution < -0.4 is 10.6 Å². The molecule has 0 aliphatic carbocycles. The number of urea groups is 1. The summed E-state index contributed by atoms with van der Waals surface area (Å²) >= 11 is 0. The Morgan fingerprint density at radius 3 is 2.85 bits per heavy atom. The maximum absolute atomic E-state index is 11.7. The molecule has 116 valence electrons. The van der Waals surface area contributed by atoms with Crippen LogP contribution in [-0.4, -0.2) is 67.4 Å². The fourth-order valence-corrected chi connectivity index (χ4v) is 2.07. The summed E-state index contributed by atoms with van der Waals surface area (Å²) in [7, 11) is 2.00. The van der Waals surface area contributed by atoms with Crippen molar-refractivity contribution in [3.8, 4) is 0 Å². The van der Waals surface area contributed by atoms with E-state index in [1.165, 1.54) is 0 Å². The van der Waals surface area contributed by atoms with Gasteiger partial charge in [-0.15, -0.1) is 0 Å². The van der Waals surface area contributed by atoms with Gasteiger partial charge in [0, 0.05) is 19.6 Å². The standard InChI is InChI=1S/C13H25N3O4/c1-3-4-5-11(12(17)18)15-13(19)14-8-10-9-16(2)6-7-20-10/h10-11H,3-9H2,1-2H3,(H,17,18)(H2,14,15,19). The largest absolute Gasteiger partial charge is 0.480 e. The summed E-state index contributed by atoms with van der Waals surface area (Å²) in [6, 6.07) is -1.28. The third kappa shape index (κ3) is 6.21. The van der Waals surface area contributed by atoms with Gasteiger partial charge in [-0.05, 0) is 13.5 Å². The molecule has 20 heavy (non-hydrogen) atoms.